The van der Waals surface area contributed by atoms with Gasteiger partial charge in [-0.2, -0.15) is 0 Å². The first-order chi connectivity index (χ1) is 8.59. The Labute approximate surface area is 110 Å². The second-order valence-corrected chi connectivity index (χ2v) is 4.96. The summed E-state index contributed by atoms with van der Waals surface area (Å²) in [5, 5.41) is 15.8. The van der Waals surface area contributed by atoms with Crippen LogP contribution in [0.15, 0.2) is 11.4 Å². The van der Waals surface area contributed by atoms with Gasteiger partial charge in [-0.25, -0.2) is 4.79 Å². The molecule has 0 saturated carbocycles. The van der Waals surface area contributed by atoms with E-state index in [-0.39, 0.29) is 12.5 Å². The molecule has 0 aliphatic heterocycles. The molecule has 0 saturated heterocycles. The van der Waals surface area contributed by atoms with Crippen LogP contribution in [-0.2, 0) is 11.2 Å². The Balaban J connectivity index is 2.07. The normalized spacial score (nSPS) is 10.1. The number of rotatable bonds is 7. The highest BCUT2D eigenvalue weighted by Crippen LogP contribution is 2.15. The summed E-state index contributed by atoms with van der Waals surface area (Å²) < 4.78 is 0. The van der Waals surface area contributed by atoms with Crippen LogP contribution in [0.3, 0.4) is 0 Å². The molecular weight excluding hydrogens is 252 g/mol. The van der Waals surface area contributed by atoms with Gasteiger partial charge in [-0.05, 0) is 36.8 Å². The lowest BCUT2D eigenvalue weighted by Crippen LogP contribution is -2.37. The van der Waals surface area contributed by atoms with Gasteiger partial charge in [0.2, 0.25) is 0 Å². The zero-order chi connectivity index (χ0) is 13.4. The summed E-state index contributed by atoms with van der Waals surface area (Å²) in [6.07, 6.45) is 1.35. The van der Waals surface area contributed by atoms with Crippen LogP contribution >= 0.6 is 11.3 Å². The fraction of sp³-hybridized carbons (Fsp3) is 0.500. The average Bonchev–Trinajstić information content (AvgIpc) is 2.70. The molecule has 6 heteroatoms. The number of thiophene rings is 1. The highest BCUT2D eigenvalue weighted by molar-refractivity contribution is 7.10. The van der Waals surface area contributed by atoms with Gasteiger partial charge >= 0.3 is 12.0 Å². The molecule has 1 aromatic rings. The molecule has 1 heterocycles. The van der Waals surface area contributed by atoms with E-state index < -0.39 is 5.97 Å². The van der Waals surface area contributed by atoms with E-state index in [0.717, 1.165) is 6.42 Å². The zero-order valence-electron chi connectivity index (χ0n) is 10.4. The van der Waals surface area contributed by atoms with Gasteiger partial charge in [0.25, 0.3) is 0 Å². The maximum atomic E-state index is 11.3. The summed E-state index contributed by atoms with van der Waals surface area (Å²) in [5.74, 6) is -0.842. The van der Waals surface area contributed by atoms with Crippen molar-refractivity contribution in [1.82, 2.24) is 10.6 Å². The van der Waals surface area contributed by atoms with E-state index in [1.165, 1.54) is 10.4 Å². The van der Waals surface area contributed by atoms with Crippen LogP contribution < -0.4 is 10.6 Å². The minimum absolute atomic E-state index is 0.0780. The van der Waals surface area contributed by atoms with Crippen molar-refractivity contribution < 1.29 is 14.7 Å². The van der Waals surface area contributed by atoms with Crippen LogP contribution in [0.2, 0.25) is 0 Å². The lowest BCUT2D eigenvalue weighted by Gasteiger charge is -2.06. The van der Waals surface area contributed by atoms with Crippen molar-refractivity contribution in [2.45, 2.75) is 26.2 Å². The Morgan fingerprint density at radius 3 is 2.67 bits per heavy atom. The van der Waals surface area contributed by atoms with Crippen molar-refractivity contribution in [1.29, 1.82) is 0 Å². The van der Waals surface area contributed by atoms with Crippen molar-refractivity contribution in [3.63, 3.8) is 0 Å². The van der Waals surface area contributed by atoms with Gasteiger partial charge in [0.1, 0.15) is 0 Å². The number of aryl methyl sites for hydroxylation is 1. The summed E-state index contributed by atoms with van der Waals surface area (Å²) in [6.45, 7) is 3.03. The molecule has 0 spiro atoms. The summed E-state index contributed by atoms with van der Waals surface area (Å²) >= 11 is 1.69. The molecule has 18 heavy (non-hydrogen) atoms. The summed E-state index contributed by atoms with van der Waals surface area (Å²) in [5.41, 5.74) is 1.25. The number of hydrogen-bond donors (Lipinski definition) is 3. The molecule has 2 amide bonds. The highest BCUT2D eigenvalue weighted by atomic mass is 32.1. The standard InChI is InChI=1S/C12H18N2O3S/c1-9-5-8-18-10(9)4-7-14-12(17)13-6-2-3-11(15)16/h5,8H,2-4,6-7H2,1H3,(H,15,16)(H2,13,14,17). The van der Waals surface area contributed by atoms with E-state index in [0.29, 0.717) is 19.5 Å². The molecule has 0 bridgehead atoms. The van der Waals surface area contributed by atoms with Crippen molar-refractivity contribution in [3.8, 4) is 0 Å². The summed E-state index contributed by atoms with van der Waals surface area (Å²) in [6, 6.07) is 1.82. The first-order valence-electron chi connectivity index (χ1n) is 5.86. The Kier molecular flexibility index (Phi) is 6.21. The van der Waals surface area contributed by atoms with Gasteiger partial charge in [-0.3, -0.25) is 4.79 Å². The maximum Gasteiger partial charge on any atom is 0.314 e. The first-order valence-corrected chi connectivity index (χ1v) is 6.74. The third-order valence-electron chi connectivity index (χ3n) is 2.46. The van der Waals surface area contributed by atoms with Crippen LogP contribution in [0.25, 0.3) is 0 Å². The number of hydrogen-bond acceptors (Lipinski definition) is 3. The molecule has 0 aliphatic carbocycles. The molecule has 1 aromatic heterocycles. The Hall–Kier alpha value is -1.56. The van der Waals surface area contributed by atoms with Crippen LogP contribution in [0, 0.1) is 6.92 Å². The number of nitrogens with one attached hydrogen (secondary N) is 2. The van der Waals surface area contributed by atoms with E-state index in [4.69, 9.17) is 5.11 Å². The molecule has 0 fully saturated rings. The van der Waals surface area contributed by atoms with E-state index in [2.05, 4.69) is 23.6 Å². The lowest BCUT2D eigenvalue weighted by molar-refractivity contribution is -0.137. The number of carboxylic acids is 1. The minimum atomic E-state index is -0.842. The van der Waals surface area contributed by atoms with Crippen molar-refractivity contribution in [3.05, 3.63) is 21.9 Å². The summed E-state index contributed by atoms with van der Waals surface area (Å²) in [7, 11) is 0. The molecule has 5 nitrogen and oxygen atoms in total. The van der Waals surface area contributed by atoms with Gasteiger partial charge in [0.15, 0.2) is 0 Å². The summed E-state index contributed by atoms with van der Waals surface area (Å²) in [4.78, 5) is 22.9. The molecular formula is C12H18N2O3S. The predicted molar refractivity (Wildman–Crippen MR) is 71.0 cm³/mol. The van der Waals surface area contributed by atoms with Crippen molar-refractivity contribution >= 4 is 23.3 Å². The number of urea groups is 1. The van der Waals surface area contributed by atoms with Gasteiger partial charge in [-0.15, -0.1) is 11.3 Å². The fourth-order valence-corrected chi connectivity index (χ4v) is 2.36. The topological polar surface area (TPSA) is 78.4 Å². The van der Waals surface area contributed by atoms with Crippen LogP contribution in [-0.4, -0.2) is 30.2 Å². The van der Waals surface area contributed by atoms with E-state index in [1.54, 1.807) is 11.3 Å². The van der Waals surface area contributed by atoms with E-state index in [1.807, 2.05) is 5.38 Å². The quantitative estimate of drug-likeness (QED) is 0.661. The number of amides is 2. The SMILES string of the molecule is Cc1ccsc1CCNC(=O)NCCCC(=O)O. The van der Waals surface area contributed by atoms with Crippen LogP contribution in [0.5, 0.6) is 0 Å². The zero-order valence-corrected chi connectivity index (χ0v) is 11.2. The molecule has 0 aromatic carbocycles. The van der Waals surface area contributed by atoms with Crippen molar-refractivity contribution in [2.75, 3.05) is 13.1 Å². The molecule has 0 atom stereocenters. The smallest absolute Gasteiger partial charge is 0.314 e. The first kappa shape index (κ1) is 14.5. The van der Waals surface area contributed by atoms with Crippen LogP contribution in [0.1, 0.15) is 23.3 Å². The van der Waals surface area contributed by atoms with E-state index >= 15 is 0 Å². The number of aliphatic carboxylic acids is 1. The largest absolute Gasteiger partial charge is 0.481 e. The molecule has 1 rings (SSSR count). The minimum Gasteiger partial charge on any atom is -0.481 e. The molecule has 3 N–H and O–H groups in total. The monoisotopic (exact) mass is 270 g/mol. The second-order valence-electron chi connectivity index (χ2n) is 3.96. The fourth-order valence-electron chi connectivity index (χ4n) is 1.45. The van der Waals surface area contributed by atoms with E-state index in [9.17, 15) is 9.59 Å². The Bertz CT molecular complexity index is 404. The molecule has 100 valence electrons. The second kappa shape index (κ2) is 7.71. The van der Waals surface area contributed by atoms with Gasteiger partial charge in [0, 0.05) is 24.4 Å². The highest BCUT2D eigenvalue weighted by Gasteiger charge is 2.03. The predicted octanol–water partition coefficient (Wildman–Crippen LogP) is 1.76. The van der Waals surface area contributed by atoms with Gasteiger partial charge in [-0.1, -0.05) is 0 Å². The van der Waals surface area contributed by atoms with Crippen molar-refractivity contribution in [2.24, 2.45) is 0 Å². The van der Waals surface area contributed by atoms with Crippen LogP contribution in [0.4, 0.5) is 4.79 Å². The maximum absolute atomic E-state index is 11.3. The average molecular weight is 270 g/mol. The lowest BCUT2D eigenvalue weighted by atomic mass is 10.2. The Morgan fingerprint density at radius 1 is 1.33 bits per heavy atom. The molecule has 0 aliphatic rings. The third kappa shape index (κ3) is 5.67. The third-order valence-corrected chi connectivity index (χ3v) is 3.54. The van der Waals surface area contributed by atoms with Gasteiger partial charge < -0.3 is 15.7 Å². The van der Waals surface area contributed by atoms with Gasteiger partial charge in [0.05, 0.1) is 0 Å². The molecule has 0 radical (unpaired) electrons. The molecule has 0 unspecified atom stereocenters. The Morgan fingerprint density at radius 2 is 2.06 bits per heavy atom. The number of carbonyl (C=O) groups is 2. The number of carboxylic acid groups (broad SMARTS) is 1. The number of carbonyl (C=O) groups excluding carboxylic acids is 1.